The molecular formula is C13H8BrF2NO3. The first-order chi connectivity index (χ1) is 9.51. The van der Waals surface area contributed by atoms with Crippen LogP contribution in [-0.2, 0) is 4.74 Å². The van der Waals surface area contributed by atoms with Crippen molar-refractivity contribution in [1.82, 2.24) is 4.98 Å². The Bertz CT molecular complexity index is 664. The summed E-state index contributed by atoms with van der Waals surface area (Å²) in [7, 11) is 1.23. The molecule has 0 atom stereocenters. The lowest BCUT2D eigenvalue weighted by molar-refractivity contribution is 0.0594. The fourth-order valence-electron chi connectivity index (χ4n) is 1.39. The van der Waals surface area contributed by atoms with E-state index in [-0.39, 0.29) is 17.2 Å². The Morgan fingerprint density at radius 2 is 2.00 bits per heavy atom. The Kier molecular flexibility index (Phi) is 4.29. The Morgan fingerprint density at radius 3 is 2.60 bits per heavy atom. The molecular weight excluding hydrogens is 336 g/mol. The van der Waals surface area contributed by atoms with Crippen LogP contribution in [0.2, 0.25) is 0 Å². The molecule has 0 saturated heterocycles. The molecule has 0 saturated carbocycles. The van der Waals surface area contributed by atoms with Gasteiger partial charge in [0, 0.05) is 6.07 Å². The molecule has 7 heteroatoms. The number of hydrogen-bond acceptors (Lipinski definition) is 4. The zero-order valence-electron chi connectivity index (χ0n) is 10.2. The minimum absolute atomic E-state index is 0.0753. The van der Waals surface area contributed by atoms with Gasteiger partial charge in [0.15, 0.2) is 17.3 Å². The summed E-state index contributed by atoms with van der Waals surface area (Å²) in [5.74, 6) is -2.12. The van der Waals surface area contributed by atoms with Gasteiger partial charge in [0.25, 0.3) is 0 Å². The van der Waals surface area contributed by atoms with Crippen LogP contribution in [0.25, 0.3) is 0 Å². The van der Waals surface area contributed by atoms with Crippen molar-refractivity contribution in [3.63, 3.8) is 0 Å². The molecule has 0 N–H and O–H groups in total. The van der Waals surface area contributed by atoms with E-state index in [1.807, 2.05) is 0 Å². The second-order valence-electron chi connectivity index (χ2n) is 3.67. The molecule has 2 rings (SSSR count). The van der Waals surface area contributed by atoms with Crippen molar-refractivity contribution in [1.29, 1.82) is 0 Å². The Labute approximate surface area is 121 Å². The van der Waals surface area contributed by atoms with Crippen LogP contribution >= 0.6 is 15.9 Å². The van der Waals surface area contributed by atoms with E-state index in [1.165, 1.54) is 19.4 Å². The summed E-state index contributed by atoms with van der Waals surface area (Å²) >= 11 is 3.17. The first kappa shape index (κ1) is 14.4. The molecule has 104 valence electrons. The number of benzene rings is 1. The molecule has 1 aromatic carbocycles. The van der Waals surface area contributed by atoms with Gasteiger partial charge in [-0.25, -0.2) is 18.6 Å². The van der Waals surface area contributed by atoms with Crippen LogP contribution in [0.3, 0.4) is 0 Å². The van der Waals surface area contributed by atoms with E-state index in [0.29, 0.717) is 10.5 Å². The summed E-state index contributed by atoms with van der Waals surface area (Å²) in [6, 6.07) is 4.32. The second kappa shape index (κ2) is 5.96. The third kappa shape index (κ3) is 3.11. The van der Waals surface area contributed by atoms with E-state index in [9.17, 15) is 13.6 Å². The van der Waals surface area contributed by atoms with Gasteiger partial charge in [-0.1, -0.05) is 0 Å². The van der Waals surface area contributed by atoms with Crippen LogP contribution in [0.15, 0.2) is 34.9 Å². The molecule has 0 radical (unpaired) electrons. The van der Waals surface area contributed by atoms with E-state index in [1.54, 1.807) is 0 Å². The molecule has 0 amide bonds. The molecule has 2 aromatic rings. The molecule has 1 heterocycles. The van der Waals surface area contributed by atoms with E-state index < -0.39 is 17.6 Å². The van der Waals surface area contributed by atoms with Gasteiger partial charge < -0.3 is 9.47 Å². The minimum atomic E-state index is -0.839. The van der Waals surface area contributed by atoms with Crippen molar-refractivity contribution in [2.75, 3.05) is 7.11 Å². The van der Waals surface area contributed by atoms with E-state index >= 15 is 0 Å². The molecule has 4 nitrogen and oxygen atoms in total. The lowest BCUT2D eigenvalue weighted by Gasteiger charge is -2.09. The Morgan fingerprint density at radius 1 is 1.25 bits per heavy atom. The molecule has 0 aliphatic rings. The molecule has 0 aliphatic heterocycles. The van der Waals surface area contributed by atoms with Gasteiger partial charge in [0.2, 0.25) is 0 Å². The number of pyridine rings is 1. The maximum absolute atomic E-state index is 13.5. The van der Waals surface area contributed by atoms with E-state index in [4.69, 9.17) is 4.74 Å². The topological polar surface area (TPSA) is 48.4 Å². The first-order valence-corrected chi connectivity index (χ1v) is 6.17. The molecule has 0 bridgehead atoms. The Balaban J connectivity index is 2.28. The van der Waals surface area contributed by atoms with Gasteiger partial charge in [0.1, 0.15) is 11.5 Å². The highest BCUT2D eigenvalue weighted by Gasteiger charge is 2.13. The zero-order valence-corrected chi connectivity index (χ0v) is 11.8. The number of rotatable bonds is 3. The van der Waals surface area contributed by atoms with Crippen LogP contribution in [-0.4, -0.2) is 18.1 Å². The summed E-state index contributed by atoms with van der Waals surface area (Å²) in [4.78, 5) is 15.1. The smallest absolute Gasteiger partial charge is 0.356 e. The predicted molar refractivity (Wildman–Crippen MR) is 69.7 cm³/mol. The number of carbonyl (C=O) groups is 1. The maximum Gasteiger partial charge on any atom is 0.356 e. The van der Waals surface area contributed by atoms with Crippen molar-refractivity contribution in [2.24, 2.45) is 0 Å². The van der Waals surface area contributed by atoms with E-state index in [0.717, 1.165) is 12.1 Å². The number of ether oxygens (including phenoxy) is 2. The average Bonchev–Trinajstić information content (AvgIpc) is 2.42. The zero-order chi connectivity index (χ0) is 14.7. The average molecular weight is 344 g/mol. The van der Waals surface area contributed by atoms with Gasteiger partial charge in [-0.2, -0.15) is 0 Å². The van der Waals surface area contributed by atoms with Crippen molar-refractivity contribution >= 4 is 21.9 Å². The molecule has 0 spiro atoms. The lowest BCUT2D eigenvalue weighted by atomic mass is 10.3. The summed E-state index contributed by atoms with van der Waals surface area (Å²) in [5.41, 5.74) is 0.0753. The first-order valence-electron chi connectivity index (χ1n) is 5.38. The fourth-order valence-corrected chi connectivity index (χ4v) is 1.79. The lowest BCUT2D eigenvalue weighted by Crippen LogP contribution is -2.04. The number of aromatic nitrogens is 1. The van der Waals surface area contributed by atoms with Gasteiger partial charge >= 0.3 is 5.97 Å². The number of methoxy groups -OCH3 is 1. The monoisotopic (exact) mass is 343 g/mol. The highest BCUT2D eigenvalue weighted by Crippen LogP contribution is 2.31. The maximum atomic E-state index is 13.5. The number of nitrogens with zero attached hydrogens (tertiary/aromatic N) is 1. The summed E-state index contributed by atoms with van der Waals surface area (Å²) in [6.45, 7) is 0. The quantitative estimate of drug-likeness (QED) is 0.797. The number of halogens is 3. The van der Waals surface area contributed by atoms with Crippen LogP contribution in [0, 0.1) is 11.6 Å². The molecule has 0 fully saturated rings. The third-order valence-corrected chi connectivity index (χ3v) is 2.95. The fraction of sp³-hybridized carbons (Fsp3) is 0.0769. The van der Waals surface area contributed by atoms with Crippen LogP contribution < -0.4 is 4.74 Å². The van der Waals surface area contributed by atoms with E-state index in [2.05, 4.69) is 25.7 Å². The highest BCUT2D eigenvalue weighted by atomic mass is 79.9. The van der Waals surface area contributed by atoms with Crippen LogP contribution in [0.5, 0.6) is 11.5 Å². The summed E-state index contributed by atoms with van der Waals surface area (Å²) < 4.78 is 36.4. The van der Waals surface area contributed by atoms with Gasteiger partial charge in [0.05, 0.1) is 17.8 Å². The number of carbonyl (C=O) groups excluding carboxylic acids is 1. The SMILES string of the molecule is COC(=O)c1cc(Br)c(Oc2ccc(F)cc2F)cn1. The second-order valence-corrected chi connectivity index (χ2v) is 4.52. The van der Waals surface area contributed by atoms with Gasteiger partial charge in [-0.15, -0.1) is 0 Å². The summed E-state index contributed by atoms with van der Waals surface area (Å²) in [6.07, 6.45) is 1.24. The van der Waals surface area contributed by atoms with Crippen molar-refractivity contribution in [3.05, 3.63) is 52.3 Å². The molecule has 1 aromatic heterocycles. The minimum Gasteiger partial charge on any atom is -0.464 e. The molecule has 20 heavy (non-hydrogen) atoms. The number of hydrogen-bond donors (Lipinski definition) is 0. The van der Waals surface area contributed by atoms with Crippen LogP contribution in [0.1, 0.15) is 10.5 Å². The highest BCUT2D eigenvalue weighted by molar-refractivity contribution is 9.10. The largest absolute Gasteiger partial charge is 0.464 e. The Hall–Kier alpha value is -2.02. The normalized spacial score (nSPS) is 10.2. The van der Waals surface area contributed by atoms with Gasteiger partial charge in [-0.05, 0) is 34.1 Å². The van der Waals surface area contributed by atoms with Crippen molar-refractivity contribution in [2.45, 2.75) is 0 Å². The predicted octanol–water partition coefficient (Wildman–Crippen LogP) is 3.70. The summed E-state index contributed by atoms with van der Waals surface area (Å²) in [5, 5.41) is 0. The van der Waals surface area contributed by atoms with Crippen molar-refractivity contribution in [3.8, 4) is 11.5 Å². The third-order valence-electron chi connectivity index (χ3n) is 2.33. The van der Waals surface area contributed by atoms with Crippen molar-refractivity contribution < 1.29 is 23.0 Å². The van der Waals surface area contributed by atoms with Gasteiger partial charge in [-0.3, -0.25) is 0 Å². The molecule has 0 unspecified atom stereocenters. The number of esters is 1. The van der Waals surface area contributed by atoms with Crippen LogP contribution in [0.4, 0.5) is 8.78 Å². The molecule has 0 aliphatic carbocycles. The standard InChI is InChI=1S/C13H8BrF2NO3/c1-19-13(18)10-5-8(14)12(6-17-10)20-11-3-2-7(15)4-9(11)16/h2-6H,1H3.